The molecule has 0 aliphatic rings. The Labute approximate surface area is 76.4 Å². The summed E-state index contributed by atoms with van der Waals surface area (Å²) in [4.78, 5) is 12.8. The van der Waals surface area contributed by atoms with Gasteiger partial charge in [-0.1, -0.05) is 6.08 Å². The Kier molecular flexibility index (Phi) is 3.08. The second-order valence-corrected chi connectivity index (χ2v) is 2.59. The fraction of sp³-hybridized carbons (Fsp3) is 0.250. The van der Waals surface area contributed by atoms with Crippen molar-refractivity contribution >= 4 is 11.7 Å². The molecule has 0 radical (unpaired) electrons. The number of hydrogen-bond acceptors (Lipinski definition) is 2. The van der Waals surface area contributed by atoms with Crippen LogP contribution in [0.3, 0.4) is 0 Å². The van der Waals surface area contributed by atoms with Gasteiger partial charge in [0.05, 0.1) is 11.9 Å². The minimum Gasteiger partial charge on any atom is -0.324 e. The molecule has 0 aliphatic heterocycles. The van der Waals surface area contributed by atoms with Gasteiger partial charge in [-0.2, -0.15) is 5.10 Å². The first kappa shape index (κ1) is 9.31. The second-order valence-electron chi connectivity index (χ2n) is 2.59. The average Bonchev–Trinajstić information content (AvgIpc) is 2.57. The van der Waals surface area contributed by atoms with Gasteiger partial charge in [-0.3, -0.25) is 5.10 Å². The molecule has 0 spiro atoms. The van der Waals surface area contributed by atoms with Crippen molar-refractivity contribution in [3.05, 3.63) is 25.0 Å². The van der Waals surface area contributed by atoms with Crippen LogP contribution in [0.2, 0.25) is 0 Å². The lowest BCUT2D eigenvalue weighted by Crippen LogP contribution is -2.31. The number of aromatic nitrogens is 2. The molecule has 0 atom stereocenters. The van der Waals surface area contributed by atoms with Crippen molar-refractivity contribution in [2.45, 2.75) is 0 Å². The van der Waals surface area contributed by atoms with Gasteiger partial charge in [0.2, 0.25) is 0 Å². The molecule has 0 bridgehead atoms. The number of amides is 2. The van der Waals surface area contributed by atoms with Crippen LogP contribution in [0.1, 0.15) is 0 Å². The van der Waals surface area contributed by atoms with Gasteiger partial charge in [0.25, 0.3) is 0 Å². The molecule has 0 fully saturated rings. The normalized spacial score (nSPS) is 9.31. The molecule has 1 aromatic rings. The number of likely N-dealkylation sites (N-methyl/N-ethyl adjacent to an activating group) is 1. The van der Waals surface area contributed by atoms with Gasteiger partial charge in [0.1, 0.15) is 0 Å². The third-order valence-corrected chi connectivity index (χ3v) is 1.50. The van der Waals surface area contributed by atoms with Crippen molar-refractivity contribution in [1.29, 1.82) is 0 Å². The fourth-order valence-corrected chi connectivity index (χ4v) is 0.815. The summed E-state index contributed by atoms with van der Waals surface area (Å²) in [6.07, 6.45) is 4.81. The predicted octanol–water partition coefficient (Wildman–Crippen LogP) is 1.06. The molecule has 0 aliphatic carbocycles. The molecule has 1 aromatic heterocycles. The van der Waals surface area contributed by atoms with E-state index in [1.165, 1.54) is 4.90 Å². The van der Waals surface area contributed by atoms with E-state index < -0.39 is 0 Å². The van der Waals surface area contributed by atoms with Crippen LogP contribution in [0.25, 0.3) is 0 Å². The lowest BCUT2D eigenvalue weighted by Gasteiger charge is -2.14. The maximum atomic E-state index is 11.3. The Morgan fingerprint density at radius 3 is 3.23 bits per heavy atom. The van der Waals surface area contributed by atoms with Crippen LogP contribution in [0, 0.1) is 0 Å². The number of aromatic amines is 1. The van der Waals surface area contributed by atoms with Gasteiger partial charge in [-0.25, -0.2) is 4.79 Å². The maximum Gasteiger partial charge on any atom is 0.321 e. The number of nitrogens with zero attached hydrogens (tertiary/aromatic N) is 2. The summed E-state index contributed by atoms with van der Waals surface area (Å²) in [5.41, 5.74) is 0.654. The summed E-state index contributed by atoms with van der Waals surface area (Å²) >= 11 is 0. The van der Waals surface area contributed by atoms with Crippen LogP contribution in [-0.4, -0.2) is 34.7 Å². The van der Waals surface area contributed by atoms with E-state index in [1.54, 1.807) is 25.5 Å². The van der Waals surface area contributed by atoms with E-state index in [0.717, 1.165) is 0 Å². The van der Waals surface area contributed by atoms with Gasteiger partial charge in [0.15, 0.2) is 0 Å². The Balaban J connectivity index is 2.45. The van der Waals surface area contributed by atoms with Crippen LogP contribution in [0.5, 0.6) is 0 Å². The molecule has 2 N–H and O–H groups in total. The number of carbonyl (C=O) groups excluding carboxylic acids is 1. The van der Waals surface area contributed by atoms with Crippen molar-refractivity contribution in [1.82, 2.24) is 15.1 Å². The number of nitrogens with one attached hydrogen (secondary N) is 2. The molecule has 5 nitrogen and oxygen atoms in total. The molecule has 0 saturated heterocycles. The highest BCUT2D eigenvalue weighted by Crippen LogP contribution is 2.02. The van der Waals surface area contributed by atoms with Crippen LogP contribution in [0.4, 0.5) is 10.5 Å². The first-order valence-electron chi connectivity index (χ1n) is 3.86. The Morgan fingerprint density at radius 1 is 1.92 bits per heavy atom. The summed E-state index contributed by atoms with van der Waals surface area (Å²) in [6, 6.07) is -0.179. The average molecular weight is 180 g/mol. The van der Waals surface area contributed by atoms with Crippen molar-refractivity contribution < 1.29 is 4.79 Å². The second kappa shape index (κ2) is 4.30. The van der Waals surface area contributed by atoms with E-state index in [9.17, 15) is 4.79 Å². The Bertz CT molecular complexity index is 280. The minimum absolute atomic E-state index is 0.179. The maximum absolute atomic E-state index is 11.3. The molecular formula is C8H12N4O. The predicted molar refractivity (Wildman–Crippen MR) is 50.4 cm³/mol. The molecule has 0 aromatic carbocycles. The molecule has 1 heterocycles. The molecule has 5 heteroatoms. The summed E-state index contributed by atoms with van der Waals surface area (Å²) in [7, 11) is 1.69. The number of rotatable bonds is 3. The third-order valence-electron chi connectivity index (χ3n) is 1.50. The molecule has 70 valence electrons. The highest BCUT2D eigenvalue weighted by Gasteiger charge is 2.06. The standard InChI is InChI=1S/C8H12N4O/c1-3-4-12(2)8(13)11-7-5-9-10-6-7/h3,5-6H,1,4H2,2H3,(H,9,10)(H,11,13). The summed E-state index contributed by atoms with van der Waals surface area (Å²) < 4.78 is 0. The Hall–Kier alpha value is -1.78. The third kappa shape index (κ3) is 2.62. The Morgan fingerprint density at radius 2 is 2.69 bits per heavy atom. The van der Waals surface area contributed by atoms with Crippen LogP contribution < -0.4 is 5.32 Å². The van der Waals surface area contributed by atoms with Gasteiger partial charge in [-0.05, 0) is 0 Å². The van der Waals surface area contributed by atoms with Crippen LogP contribution in [-0.2, 0) is 0 Å². The van der Waals surface area contributed by atoms with Gasteiger partial charge < -0.3 is 10.2 Å². The number of H-pyrrole nitrogens is 1. The van der Waals surface area contributed by atoms with Crippen molar-refractivity contribution in [2.75, 3.05) is 18.9 Å². The molecule has 0 unspecified atom stereocenters. The zero-order valence-electron chi connectivity index (χ0n) is 7.45. The van der Waals surface area contributed by atoms with Crippen LogP contribution >= 0.6 is 0 Å². The van der Waals surface area contributed by atoms with E-state index in [-0.39, 0.29) is 6.03 Å². The smallest absolute Gasteiger partial charge is 0.321 e. The van der Waals surface area contributed by atoms with E-state index in [1.807, 2.05) is 0 Å². The topological polar surface area (TPSA) is 61.0 Å². The van der Waals surface area contributed by atoms with E-state index in [2.05, 4.69) is 22.1 Å². The molecule has 1 rings (SSSR count). The highest BCUT2D eigenvalue weighted by atomic mass is 16.2. The van der Waals surface area contributed by atoms with Gasteiger partial charge in [-0.15, -0.1) is 6.58 Å². The quantitative estimate of drug-likeness (QED) is 0.683. The summed E-state index contributed by atoms with van der Waals surface area (Å²) in [5.74, 6) is 0. The minimum atomic E-state index is -0.179. The van der Waals surface area contributed by atoms with Gasteiger partial charge in [0, 0.05) is 19.8 Å². The van der Waals surface area contributed by atoms with Crippen molar-refractivity contribution in [3.63, 3.8) is 0 Å². The van der Waals surface area contributed by atoms with E-state index in [0.29, 0.717) is 12.2 Å². The number of urea groups is 1. The zero-order valence-corrected chi connectivity index (χ0v) is 7.45. The SMILES string of the molecule is C=CCN(C)C(=O)Nc1cn[nH]c1. The van der Waals surface area contributed by atoms with Crippen molar-refractivity contribution in [2.24, 2.45) is 0 Å². The fourth-order valence-electron chi connectivity index (χ4n) is 0.815. The number of carbonyl (C=O) groups is 1. The van der Waals surface area contributed by atoms with Crippen molar-refractivity contribution in [3.8, 4) is 0 Å². The summed E-state index contributed by atoms with van der Waals surface area (Å²) in [5, 5.41) is 8.96. The molecule has 13 heavy (non-hydrogen) atoms. The number of hydrogen-bond donors (Lipinski definition) is 2. The van der Waals surface area contributed by atoms with Crippen LogP contribution in [0.15, 0.2) is 25.0 Å². The number of anilines is 1. The molecular weight excluding hydrogens is 168 g/mol. The first-order valence-corrected chi connectivity index (χ1v) is 3.86. The summed E-state index contributed by atoms with van der Waals surface area (Å²) in [6.45, 7) is 4.06. The lowest BCUT2D eigenvalue weighted by molar-refractivity contribution is 0.226. The van der Waals surface area contributed by atoms with E-state index >= 15 is 0 Å². The zero-order chi connectivity index (χ0) is 9.68. The van der Waals surface area contributed by atoms with Gasteiger partial charge >= 0.3 is 6.03 Å². The molecule has 0 saturated carbocycles. The highest BCUT2D eigenvalue weighted by molar-refractivity contribution is 5.88. The first-order chi connectivity index (χ1) is 6.24. The van der Waals surface area contributed by atoms with E-state index in [4.69, 9.17) is 0 Å². The molecule has 2 amide bonds. The largest absolute Gasteiger partial charge is 0.324 e. The monoisotopic (exact) mass is 180 g/mol. The lowest BCUT2D eigenvalue weighted by atomic mass is 10.5.